The zero-order valence-corrected chi connectivity index (χ0v) is 7.74. The van der Waals surface area contributed by atoms with Gasteiger partial charge in [-0.1, -0.05) is 0 Å². The zero-order valence-electron chi connectivity index (χ0n) is 7.74. The van der Waals surface area contributed by atoms with Crippen molar-refractivity contribution in [1.82, 2.24) is 4.98 Å². The molecule has 2 rings (SSSR count). The van der Waals surface area contributed by atoms with E-state index in [0.29, 0.717) is 37.9 Å². The highest BCUT2D eigenvalue weighted by atomic mass is 19.1. The van der Waals surface area contributed by atoms with Crippen molar-refractivity contribution in [2.24, 2.45) is 0 Å². The van der Waals surface area contributed by atoms with E-state index in [1.807, 2.05) is 4.90 Å². The van der Waals surface area contributed by atoms with Gasteiger partial charge in [0, 0.05) is 13.1 Å². The maximum absolute atomic E-state index is 13.4. The van der Waals surface area contributed by atoms with Gasteiger partial charge in [-0.3, -0.25) is 0 Å². The summed E-state index contributed by atoms with van der Waals surface area (Å²) in [6.45, 7) is 2.53. The van der Waals surface area contributed by atoms with Gasteiger partial charge in [0.25, 0.3) is 0 Å². The van der Waals surface area contributed by atoms with Crippen LogP contribution in [0.15, 0.2) is 12.1 Å². The molecule has 14 heavy (non-hydrogen) atoms. The summed E-state index contributed by atoms with van der Waals surface area (Å²) >= 11 is 0. The minimum atomic E-state index is -0.332. The second-order valence-corrected chi connectivity index (χ2v) is 3.14. The molecule has 0 saturated carbocycles. The van der Waals surface area contributed by atoms with Crippen LogP contribution in [0, 0.1) is 5.82 Å². The lowest BCUT2D eigenvalue weighted by Gasteiger charge is -2.28. The van der Waals surface area contributed by atoms with E-state index in [0.717, 1.165) is 0 Å². The van der Waals surface area contributed by atoms with Crippen molar-refractivity contribution in [2.45, 2.75) is 0 Å². The third-order valence-electron chi connectivity index (χ3n) is 2.16. The van der Waals surface area contributed by atoms with Gasteiger partial charge in [0.2, 0.25) is 0 Å². The van der Waals surface area contributed by atoms with Gasteiger partial charge < -0.3 is 15.4 Å². The van der Waals surface area contributed by atoms with Crippen LogP contribution < -0.4 is 10.6 Å². The largest absolute Gasteiger partial charge is 0.384 e. The molecule has 2 heterocycles. The fourth-order valence-corrected chi connectivity index (χ4v) is 1.44. The molecule has 0 amide bonds. The number of pyridine rings is 1. The van der Waals surface area contributed by atoms with E-state index in [2.05, 4.69) is 4.98 Å². The van der Waals surface area contributed by atoms with Crippen molar-refractivity contribution in [1.29, 1.82) is 0 Å². The van der Waals surface area contributed by atoms with Crippen LogP contribution in [0.3, 0.4) is 0 Å². The van der Waals surface area contributed by atoms with E-state index in [4.69, 9.17) is 10.5 Å². The van der Waals surface area contributed by atoms with Gasteiger partial charge in [-0.15, -0.1) is 0 Å². The summed E-state index contributed by atoms with van der Waals surface area (Å²) in [5, 5.41) is 0. The van der Waals surface area contributed by atoms with Crippen molar-refractivity contribution in [2.75, 3.05) is 36.9 Å². The Kier molecular flexibility index (Phi) is 2.49. The molecule has 0 unspecified atom stereocenters. The van der Waals surface area contributed by atoms with Crippen LogP contribution in [0.2, 0.25) is 0 Å². The highest BCUT2D eigenvalue weighted by Crippen LogP contribution is 2.18. The molecule has 76 valence electrons. The van der Waals surface area contributed by atoms with E-state index in [1.54, 1.807) is 0 Å². The maximum atomic E-state index is 13.4. The van der Waals surface area contributed by atoms with Crippen LogP contribution in [0.1, 0.15) is 0 Å². The monoisotopic (exact) mass is 197 g/mol. The average Bonchev–Trinajstić information content (AvgIpc) is 2.23. The van der Waals surface area contributed by atoms with Crippen LogP contribution in [-0.2, 0) is 4.74 Å². The van der Waals surface area contributed by atoms with Gasteiger partial charge in [0.05, 0.1) is 13.2 Å². The Labute approximate surface area is 81.5 Å². The van der Waals surface area contributed by atoms with Gasteiger partial charge in [0.15, 0.2) is 11.6 Å². The highest BCUT2D eigenvalue weighted by Gasteiger charge is 2.16. The summed E-state index contributed by atoms with van der Waals surface area (Å²) in [5.41, 5.74) is 5.50. The molecular weight excluding hydrogens is 185 g/mol. The molecule has 2 N–H and O–H groups in total. The number of rotatable bonds is 1. The number of hydrogen-bond donors (Lipinski definition) is 1. The minimum absolute atomic E-state index is 0.327. The lowest BCUT2D eigenvalue weighted by atomic mass is 10.3. The highest BCUT2D eigenvalue weighted by molar-refractivity contribution is 5.46. The van der Waals surface area contributed by atoms with Gasteiger partial charge >= 0.3 is 0 Å². The number of morpholine rings is 1. The normalized spacial score (nSPS) is 17.1. The van der Waals surface area contributed by atoms with Crippen molar-refractivity contribution in [3.8, 4) is 0 Å². The molecule has 1 aliphatic heterocycles. The second kappa shape index (κ2) is 3.79. The lowest BCUT2D eigenvalue weighted by Crippen LogP contribution is -2.37. The lowest BCUT2D eigenvalue weighted by molar-refractivity contribution is 0.122. The zero-order chi connectivity index (χ0) is 9.97. The second-order valence-electron chi connectivity index (χ2n) is 3.14. The third kappa shape index (κ3) is 1.77. The summed E-state index contributed by atoms with van der Waals surface area (Å²) in [7, 11) is 0. The number of hydrogen-bond acceptors (Lipinski definition) is 4. The molecule has 0 aromatic carbocycles. The van der Waals surface area contributed by atoms with E-state index < -0.39 is 0 Å². The van der Waals surface area contributed by atoms with Gasteiger partial charge in [-0.25, -0.2) is 9.37 Å². The molecule has 1 aromatic heterocycles. The Morgan fingerprint density at radius 3 is 2.79 bits per heavy atom. The van der Waals surface area contributed by atoms with Gasteiger partial charge in [-0.2, -0.15) is 0 Å². The topological polar surface area (TPSA) is 51.4 Å². The summed E-state index contributed by atoms with van der Waals surface area (Å²) in [4.78, 5) is 5.81. The number of aromatic nitrogens is 1. The Hall–Kier alpha value is -1.36. The standard InChI is InChI=1S/C9H12FN3O/c10-7-1-2-8(11)12-9(7)13-3-5-14-6-4-13/h1-2H,3-6H2,(H2,11,12). The maximum Gasteiger partial charge on any atom is 0.167 e. The molecule has 0 spiro atoms. The number of nitrogens with zero attached hydrogens (tertiary/aromatic N) is 2. The van der Waals surface area contributed by atoms with Crippen LogP contribution >= 0.6 is 0 Å². The first-order valence-corrected chi connectivity index (χ1v) is 4.52. The first kappa shape index (κ1) is 9.21. The summed E-state index contributed by atoms with van der Waals surface area (Å²) < 4.78 is 18.5. The third-order valence-corrected chi connectivity index (χ3v) is 2.16. The predicted octanol–water partition coefficient (Wildman–Crippen LogP) is 0.639. The summed E-state index contributed by atoms with van der Waals surface area (Å²) in [6.07, 6.45) is 0. The number of halogens is 1. The van der Waals surface area contributed by atoms with E-state index in [-0.39, 0.29) is 5.82 Å². The fourth-order valence-electron chi connectivity index (χ4n) is 1.44. The average molecular weight is 197 g/mol. The Morgan fingerprint density at radius 2 is 2.07 bits per heavy atom. The number of nitrogens with two attached hydrogens (primary N) is 1. The van der Waals surface area contributed by atoms with Crippen LogP contribution in [0.25, 0.3) is 0 Å². The first-order chi connectivity index (χ1) is 6.77. The van der Waals surface area contributed by atoms with E-state index in [9.17, 15) is 4.39 Å². The molecular formula is C9H12FN3O. The first-order valence-electron chi connectivity index (χ1n) is 4.52. The van der Waals surface area contributed by atoms with Crippen LogP contribution in [-0.4, -0.2) is 31.3 Å². The molecule has 0 atom stereocenters. The Balaban J connectivity index is 2.24. The molecule has 0 bridgehead atoms. The molecule has 4 nitrogen and oxygen atoms in total. The minimum Gasteiger partial charge on any atom is -0.384 e. The Morgan fingerprint density at radius 1 is 1.36 bits per heavy atom. The Bertz CT molecular complexity index is 326. The molecule has 0 radical (unpaired) electrons. The van der Waals surface area contributed by atoms with Crippen LogP contribution in [0.5, 0.6) is 0 Å². The van der Waals surface area contributed by atoms with E-state index in [1.165, 1.54) is 12.1 Å². The molecule has 1 saturated heterocycles. The van der Waals surface area contributed by atoms with Gasteiger partial charge in [-0.05, 0) is 12.1 Å². The number of anilines is 2. The predicted molar refractivity (Wildman–Crippen MR) is 51.6 cm³/mol. The SMILES string of the molecule is Nc1ccc(F)c(N2CCOCC2)n1. The summed E-state index contributed by atoms with van der Waals surface area (Å²) in [6, 6.07) is 2.80. The van der Waals surface area contributed by atoms with Crippen molar-refractivity contribution in [3.05, 3.63) is 17.9 Å². The molecule has 1 aromatic rings. The van der Waals surface area contributed by atoms with E-state index >= 15 is 0 Å². The quantitative estimate of drug-likeness (QED) is 0.717. The number of nitrogen functional groups attached to an aromatic ring is 1. The van der Waals surface area contributed by atoms with Crippen LogP contribution in [0.4, 0.5) is 16.0 Å². The summed E-state index contributed by atoms with van der Waals surface area (Å²) in [5.74, 6) is 0.335. The van der Waals surface area contributed by atoms with Crippen molar-refractivity contribution in [3.63, 3.8) is 0 Å². The fraction of sp³-hybridized carbons (Fsp3) is 0.444. The van der Waals surface area contributed by atoms with Crippen molar-refractivity contribution < 1.29 is 9.13 Å². The van der Waals surface area contributed by atoms with Crippen molar-refractivity contribution >= 4 is 11.6 Å². The van der Waals surface area contributed by atoms with Gasteiger partial charge in [0.1, 0.15) is 5.82 Å². The number of ether oxygens (including phenoxy) is 1. The molecule has 0 aliphatic carbocycles. The molecule has 5 heteroatoms. The molecule has 1 fully saturated rings. The smallest absolute Gasteiger partial charge is 0.167 e. The molecule has 1 aliphatic rings.